The summed E-state index contributed by atoms with van der Waals surface area (Å²) >= 11 is 12.1. The van der Waals surface area contributed by atoms with Gasteiger partial charge in [-0.15, -0.1) is 0 Å². The lowest BCUT2D eigenvalue weighted by Crippen LogP contribution is -2.18. The molecular weight excluding hydrogens is 359 g/mol. The first-order chi connectivity index (χ1) is 12.1. The first-order valence-corrected chi connectivity index (χ1v) is 8.88. The van der Waals surface area contributed by atoms with Gasteiger partial charge in [0.15, 0.2) is 0 Å². The van der Waals surface area contributed by atoms with Gasteiger partial charge >= 0.3 is 0 Å². The van der Waals surface area contributed by atoms with Gasteiger partial charge in [0.05, 0.1) is 30.6 Å². The topological polar surface area (TPSA) is 34.1 Å². The van der Waals surface area contributed by atoms with Crippen molar-refractivity contribution in [3.63, 3.8) is 0 Å². The van der Waals surface area contributed by atoms with Crippen LogP contribution in [0.15, 0.2) is 35.3 Å². The maximum atomic E-state index is 6.18. The fourth-order valence-electron chi connectivity index (χ4n) is 2.94. The number of hydrogen-bond donors (Lipinski definition) is 0. The van der Waals surface area contributed by atoms with E-state index in [1.54, 1.807) is 38.6 Å². The Bertz CT molecular complexity index is 787. The van der Waals surface area contributed by atoms with Crippen LogP contribution in [0.25, 0.3) is 0 Å². The zero-order valence-corrected chi connectivity index (χ0v) is 15.8. The Morgan fingerprint density at radius 1 is 1.00 bits per heavy atom. The molecule has 0 aromatic heterocycles. The molecule has 25 heavy (non-hydrogen) atoms. The molecule has 0 spiro atoms. The molecule has 0 N–H and O–H groups in total. The third-order valence-corrected chi connectivity index (χ3v) is 4.77. The molecule has 0 saturated carbocycles. The summed E-state index contributed by atoms with van der Waals surface area (Å²) in [6, 6.07) is 9.16. The van der Waals surface area contributed by atoms with Crippen molar-refractivity contribution in [1.82, 2.24) is 0 Å². The Morgan fingerprint density at radius 2 is 1.72 bits per heavy atom. The Labute approximate surface area is 158 Å². The van der Waals surface area contributed by atoms with Gasteiger partial charge in [-0.25, -0.2) is 0 Å². The summed E-state index contributed by atoms with van der Waals surface area (Å²) in [5.74, 6) is 1.56. The van der Waals surface area contributed by atoms with Crippen LogP contribution in [0.4, 0.5) is 11.4 Å². The summed E-state index contributed by atoms with van der Waals surface area (Å²) in [5.41, 5.74) is 2.53. The molecule has 2 aromatic rings. The quantitative estimate of drug-likeness (QED) is 0.656. The monoisotopic (exact) mass is 378 g/mol. The van der Waals surface area contributed by atoms with E-state index in [0.29, 0.717) is 15.7 Å². The van der Waals surface area contributed by atoms with E-state index in [-0.39, 0.29) is 0 Å². The first kappa shape index (κ1) is 17.9. The number of anilines is 1. The minimum absolute atomic E-state index is 0.503. The number of hydrogen-bond acceptors (Lipinski definition) is 4. The minimum Gasteiger partial charge on any atom is -0.496 e. The molecule has 6 heteroatoms. The normalized spacial score (nSPS) is 14.3. The predicted molar refractivity (Wildman–Crippen MR) is 105 cm³/mol. The van der Waals surface area contributed by atoms with Crippen molar-refractivity contribution in [3.05, 3.63) is 45.9 Å². The average Bonchev–Trinajstić information content (AvgIpc) is 3.14. The van der Waals surface area contributed by atoms with Crippen LogP contribution in [-0.2, 0) is 0 Å². The van der Waals surface area contributed by atoms with Crippen molar-refractivity contribution in [1.29, 1.82) is 0 Å². The van der Waals surface area contributed by atoms with Gasteiger partial charge < -0.3 is 14.4 Å². The Morgan fingerprint density at radius 3 is 2.36 bits per heavy atom. The van der Waals surface area contributed by atoms with Crippen LogP contribution in [0, 0.1) is 0 Å². The molecule has 4 nitrogen and oxygen atoms in total. The molecule has 0 amide bonds. The SMILES string of the molecule is COc1cc(N2CCCC2)c(OC)cc1C=Nc1ccc(Cl)cc1Cl. The zero-order valence-electron chi connectivity index (χ0n) is 14.3. The largest absolute Gasteiger partial charge is 0.496 e. The fraction of sp³-hybridized carbons (Fsp3) is 0.316. The molecule has 0 radical (unpaired) electrons. The third kappa shape index (κ3) is 4.02. The van der Waals surface area contributed by atoms with E-state index in [1.165, 1.54) is 12.8 Å². The second-order valence-corrected chi connectivity index (χ2v) is 6.66. The van der Waals surface area contributed by atoms with Crippen LogP contribution in [0.2, 0.25) is 10.0 Å². The lowest BCUT2D eigenvalue weighted by molar-refractivity contribution is 0.402. The van der Waals surface area contributed by atoms with Gasteiger partial charge in [-0.3, -0.25) is 4.99 Å². The van der Waals surface area contributed by atoms with E-state index >= 15 is 0 Å². The van der Waals surface area contributed by atoms with Crippen LogP contribution in [0.1, 0.15) is 18.4 Å². The first-order valence-electron chi connectivity index (χ1n) is 8.12. The summed E-state index contributed by atoms with van der Waals surface area (Å²) in [6.07, 6.45) is 4.12. The lowest BCUT2D eigenvalue weighted by Gasteiger charge is -2.22. The molecule has 1 aliphatic heterocycles. The highest BCUT2D eigenvalue weighted by Crippen LogP contribution is 2.37. The zero-order chi connectivity index (χ0) is 17.8. The van der Waals surface area contributed by atoms with Crippen LogP contribution < -0.4 is 14.4 Å². The number of aliphatic imine (C=N–C) groups is 1. The average molecular weight is 379 g/mol. The molecule has 2 aromatic carbocycles. The Kier molecular flexibility index (Phi) is 5.71. The highest BCUT2D eigenvalue weighted by atomic mass is 35.5. The molecule has 1 aliphatic rings. The van der Waals surface area contributed by atoms with Crippen LogP contribution in [0.5, 0.6) is 11.5 Å². The lowest BCUT2D eigenvalue weighted by atomic mass is 10.1. The molecule has 132 valence electrons. The molecular formula is C19H20Cl2N2O2. The van der Waals surface area contributed by atoms with E-state index in [9.17, 15) is 0 Å². The summed E-state index contributed by atoms with van der Waals surface area (Å²) in [6.45, 7) is 2.07. The number of rotatable bonds is 5. The van der Waals surface area contributed by atoms with Crippen molar-refractivity contribution in [2.75, 3.05) is 32.2 Å². The second kappa shape index (κ2) is 7.98. The molecule has 1 saturated heterocycles. The van der Waals surface area contributed by atoms with Crippen molar-refractivity contribution in [2.45, 2.75) is 12.8 Å². The predicted octanol–water partition coefficient (Wildman–Crippen LogP) is 5.36. The Hall–Kier alpha value is -1.91. The Balaban J connectivity index is 1.96. The fourth-order valence-corrected chi connectivity index (χ4v) is 3.39. The van der Waals surface area contributed by atoms with E-state index < -0.39 is 0 Å². The summed E-state index contributed by atoms with van der Waals surface area (Å²) < 4.78 is 11.1. The highest BCUT2D eigenvalue weighted by molar-refractivity contribution is 6.36. The van der Waals surface area contributed by atoms with Gasteiger partial charge in [0.2, 0.25) is 0 Å². The van der Waals surface area contributed by atoms with Crippen LogP contribution in [0.3, 0.4) is 0 Å². The van der Waals surface area contributed by atoms with Crippen LogP contribution >= 0.6 is 23.2 Å². The van der Waals surface area contributed by atoms with Gasteiger partial charge in [-0.05, 0) is 37.1 Å². The molecule has 0 atom stereocenters. The molecule has 1 heterocycles. The van der Waals surface area contributed by atoms with Gasteiger partial charge in [0.1, 0.15) is 11.5 Å². The standard InChI is InChI=1S/C19H20Cl2N2O2/c1-24-18-11-17(23-7-3-4-8-23)19(25-2)9-13(18)12-22-16-6-5-14(20)10-15(16)21/h5-6,9-12H,3-4,7-8H2,1-2H3. The number of halogens is 2. The maximum absolute atomic E-state index is 6.18. The highest BCUT2D eigenvalue weighted by Gasteiger charge is 2.19. The van der Waals surface area contributed by atoms with E-state index in [4.69, 9.17) is 32.7 Å². The summed E-state index contributed by atoms with van der Waals surface area (Å²) in [5, 5.41) is 1.08. The number of methoxy groups -OCH3 is 2. The number of benzene rings is 2. The minimum atomic E-state index is 0.503. The maximum Gasteiger partial charge on any atom is 0.143 e. The van der Waals surface area contributed by atoms with Gasteiger partial charge in [0.25, 0.3) is 0 Å². The van der Waals surface area contributed by atoms with E-state index in [0.717, 1.165) is 35.8 Å². The van der Waals surface area contributed by atoms with Crippen molar-refractivity contribution in [2.24, 2.45) is 4.99 Å². The molecule has 0 bridgehead atoms. The number of ether oxygens (including phenoxy) is 2. The van der Waals surface area contributed by atoms with Crippen molar-refractivity contribution in [3.8, 4) is 11.5 Å². The molecule has 3 rings (SSSR count). The van der Waals surface area contributed by atoms with Crippen molar-refractivity contribution < 1.29 is 9.47 Å². The summed E-state index contributed by atoms with van der Waals surface area (Å²) in [7, 11) is 3.33. The van der Waals surface area contributed by atoms with Crippen LogP contribution in [-0.4, -0.2) is 33.5 Å². The number of nitrogens with zero attached hydrogens (tertiary/aromatic N) is 2. The van der Waals surface area contributed by atoms with Gasteiger partial charge in [0, 0.05) is 36.0 Å². The van der Waals surface area contributed by atoms with Crippen molar-refractivity contribution >= 4 is 40.8 Å². The van der Waals surface area contributed by atoms with E-state index in [1.807, 2.05) is 12.1 Å². The molecule has 0 aliphatic carbocycles. The second-order valence-electron chi connectivity index (χ2n) is 5.81. The smallest absolute Gasteiger partial charge is 0.143 e. The van der Waals surface area contributed by atoms with Gasteiger partial charge in [-0.2, -0.15) is 0 Å². The van der Waals surface area contributed by atoms with E-state index in [2.05, 4.69) is 9.89 Å². The molecule has 0 unspecified atom stereocenters. The third-order valence-electron chi connectivity index (χ3n) is 4.23. The molecule has 1 fully saturated rings. The summed E-state index contributed by atoms with van der Waals surface area (Å²) in [4.78, 5) is 6.78. The van der Waals surface area contributed by atoms with Gasteiger partial charge in [-0.1, -0.05) is 23.2 Å².